The van der Waals surface area contributed by atoms with E-state index in [0.29, 0.717) is 17.1 Å². The molecular formula is C12H11F3N4S. The Kier molecular flexibility index (Phi) is 3.67. The maximum Gasteiger partial charge on any atom is 0.196 e. The lowest BCUT2D eigenvalue weighted by molar-refractivity contribution is 0.449. The van der Waals surface area contributed by atoms with Gasteiger partial charge in [0.05, 0.1) is 16.9 Å². The fourth-order valence-electron chi connectivity index (χ4n) is 1.85. The van der Waals surface area contributed by atoms with Gasteiger partial charge in [-0.05, 0) is 19.1 Å². The zero-order chi connectivity index (χ0) is 15.0. The number of nitrogens with zero attached hydrogens (tertiary/aromatic N) is 2. The molecule has 3 N–H and O–H groups in total. The molecule has 1 heterocycles. The van der Waals surface area contributed by atoms with Crippen LogP contribution in [0.1, 0.15) is 11.3 Å². The average molecular weight is 300 g/mol. The van der Waals surface area contributed by atoms with Crippen molar-refractivity contribution in [3.05, 3.63) is 40.8 Å². The number of aromatic nitrogens is 2. The molecule has 0 unspecified atom stereocenters. The van der Waals surface area contributed by atoms with Crippen LogP contribution in [0.4, 0.5) is 24.7 Å². The molecule has 20 heavy (non-hydrogen) atoms. The molecule has 0 spiro atoms. The van der Waals surface area contributed by atoms with Gasteiger partial charge in [-0.25, -0.2) is 13.2 Å². The Bertz CT molecular complexity index is 696. The first-order chi connectivity index (χ1) is 9.32. The molecule has 0 aliphatic heterocycles. The number of benzene rings is 1. The van der Waals surface area contributed by atoms with Crippen molar-refractivity contribution >= 4 is 28.7 Å². The van der Waals surface area contributed by atoms with Crippen LogP contribution in [0.15, 0.2) is 12.1 Å². The Hall–Kier alpha value is -2.09. The number of anilines is 2. The van der Waals surface area contributed by atoms with E-state index < -0.39 is 17.5 Å². The highest BCUT2D eigenvalue weighted by atomic mass is 32.1. The van der Waals surface area contributed by atoms with Gasteiger partial charge < -0.3 is 11.1 Å². The molecule has 1 aromatic heterocycles. The van der Waals surface area contributed by atoms with Gasteiger partial charge in [0.25, 0.3) is 0 Å². The lowest BCUT2D eigenvalue weighted by Crippen LogP contribution is -2.13. The Morgan fingerprint density at radius 3 is 2.55 bits per heavy atom. The molecule has 0 saturated carbocycles. The molecule has 0 aliphatic carbocycles. The van der Waals surface area contributed by atoms with Crippen LogP contribution in [0, 0.1) is 24.4 Å². The van der Waals surface area contributed by atoms with Crippen LogP contribution in [0.25, 0.3) is 0 Å². The van der Waals surface area contributed by atoms with Crippen molar-refractivity contribution < 1.29 is 13.2 Å². The number of hydrogen-bond acceptors (Lipinski definition) is 3. The predicted molar refractivity (Wildman–Crippen MR) is 73.4 cm³/mol. The standard InChI is InChI=1S/C12H11F3N4S/c1-5-8(11(16)20)12(19(2)18-5)17-7-4-3-6(13)9(14)10(7)15/h3-4,17H,1-2H3,(H2,16,20). The minimum Gasteiger partial charge on any atom is -0.389 e. The van der Waals surface area contributed by atoms with Crippen molar-refractivity contribution in [1.29, 1.82) is 0 Å². The SMILES string of the molecule is Cc1nn(C)c(Nc2ccc(F)c(F)c2F)c1C(N)=S. The van der Waals surface area contributed by atoms with Crippen LogP contribution in [-0.2, 0) is 7.05 Å². The zero-order valence-electron chi connectivity index (χ0n) is 10.7. The van der Waals surface area contributed by atoms with Crippen molar-refractivity contribution in [2.45, 2.75) is 6.92 Å². The summed E-state index contributed by atoms with van der Waals surface area (Å²) < 4.78 is 41.1. The smallest absolute Gasteiger partial charge is 0.196 e. The third-order valence-corrected chi connectivity index (χ3v) is 2.96. The fourth-order valence-corrected chi connectivity index (χ4v) is 2.09. The second-order valence-electron chi connectivity index (χ2n) is 4.14. The van der Waals surface area contributed by atoms with Crippen LogP contribution in [-0.4, -0.2) is 14.8 Å². The summed E-state index contributed by atoms with van der Waals surface area (Å²) in [5, 5.41) is 6.73. The van der Waals surface area contributed by atoms with E-state index in [-0.39, 0.29) is 10.7 Å². The van der Waals surface area contributed by atoms with Crippen LogP contribution >= 0.6 is 12.2 Å². The summed E-state index contributed by atoms with van der Waals surface area (Å²) in [5.41, 5.74) is 6.32. The van der Waals surface area contributed by atoms with Gasteiger partial charge in [0.2, 0.25) is 0 Å². The van der Waals surface area contributed by atoms with Crippen LogP contribution in [0.5, 0.6) is 0 Å². The van der Waals surface area contributed by atoms with E-state index in [9.17, 15) is 13.2 Å². The van der Waals surface area contributed by atoms with Gasteiger partial charge in [0.1, 0.15) is 10.8 Å². The third-order valence-electron chi connectivity index (χ3n) is 2.76. The van der Waals surface area contributed by atoms with E-state index in [1.165, 1.54) is 4.68 Å². The molecule has 0 amide bonds. The Morgan fingerprint density at radius 1 is 1.30 bits per heavy atom. The second-order valence-corrected chi connectivity index (χ2v) is 4.58. The van der Waals surface area contributed by atoms with Crippen LogP contribution in [0.2, 0.25) is 0 Å². The average Bonchev–Trinajstić information content (AvgIpc) is 2.65. The summed E-state index contributed by atoms with van der Waals surface area (Å²) in [6, 6.07) is 1.91. The quantitative estimate of drug-likeness (QED) is 0.675. The maximum atomic E-state index is 13.6. The molecule has 2 aromatic rings. The molecule has 0 atom stereocenters. The van der Waals surface area contributed by atoms with E-state index in [1.54, 1.807) is 14.0 Å². The first-order valence-electron chi connectivity index (χ1n) is 5.56. The fraction of sp³-hybridized carbons (Fsp3) is 0.167. The molecule has 2 rings (SSSR count). The van der Waals surface area contributed by atoms with Gasteiger partial charge in [-0.1, -0.05) is 12.2 Å². The predicted octanol–water partition coefficient (Wildman–Crippen LogP) is 2.52. The van der Waals surface area contributed by atoms with E-state index in [2.05, 4.69) is 10.4 Å². The summed E-state index contributed by atoms with van der Waals surface area (Å²) in [6.07, 6.45) is 0. The monoisotopic (exact) mass is 300 g/mol. The zero-order valence-corrected chi connectivity index (χ0v) is 11.5. The topological polar surface area (TPSA) is 55.9 Å². The van der Waals surface area contributed by atoms with Crippen molar-refractivity contribution in [2.24, 2.45) is 12.8 Å². The number of thiocarbonyl (C=S) groups is 1. The summed E-state index contributed by atoms with van der Waals surface area (Å²) in [6.45, 7) is 1.68. The van der Waals surface area contributed by atoms with Gasteiger partial charge in [-0.2, -0.15) is 5.10 Å². The molecule has 0 aliphatic rings. The Morgan fingerprint density at radius 2 is 1.95 bits per heavy atom. The number of nitrogens with two attached hydrogens (primary N) is 1. The minimum atomic E-state index is -1.55. The largest absolute Gasteiger partial charge is 0.389 e. The summed E-state index contributed by atoms with van der Waals surface area (Å²) in [4.78, 5) is 0.0705. The van der Waals surface area contributed by atoms with Gasteiger partial charge >= 0.3 is 0 Å². The minimum absolute atomic E-state index is 0.0705. The van der Waals surface area contributed by atoms with Gasteiger partial charge in [-0.3, -0.25) is 4.68 Å². The molecule has 0 saturated heterocycles. The van der Waals surface area contributed by atoms with Gasteiger partial charge in [0.15, 0.2) is 17.5 Å². The molecule has 106 valence electrons. The lowest BCUT2D eigenvalue weighted by atomic mass is 10.2. The van der Waals surface area contributed by atoms with E-state index >= 15 is 0 Å². The van der Waals surface area contributed by atoms with Crippen LogP contribution in [0.3, 0.4) is 0 Å². The molecule has 1 aromatic carbocycles. The van der Waals surface area contributed by atoms with Crippen molar-refractivity contribution in [3.8, 4) is 0 Å². The molecular weight excluding hydrogens is 289 g/mol. The molecule has 0 bridgehead atoms. The van der Waals surface area contributed by atoms with E-state index in [4.69, 9.17) is 18.0 Å². The first kappa shape index (κ1) is 14.3. The highest BCUT2D eigenvalue weighted by molar-refractivity contribution is 7.80. The number of rotatable bonds is 3. The number of halogens is 3. The second kappa shape index (κ2) is 5.12. The van der Waals surface area contributed by atoms with Crippen LogP contribution < -0.4 is 11.1 Å². The number of aryl methyl sites for hydroxylation is 2. The normalized spacial score (nSPS) is 10.7. The summed E-state index contributed by atoms with van der Waals surface area (Å²) in [7, 11) is 1.59. The Balaban J connectivity index is 2.51. The Labute approximate surface area is 118 Å². The maximum absolute atomic E-state index is 13.6. The summed E-state index contributed by atoms with van der Waals surface area (Å²) >= 11 is 4.90. The van der Waals surface area contributed by atoms with Crippen molar-refractivity contribution in [2.75, 3.05) is 5.32 Å². The number of hydrogen-bond donors (Lipinski definition) is 2. The van der Waals surface area contributed by atoms with Crippen molar-refractivity contribution in [1.82, 2.24) is 9.78 Å². The summed E-state index contributed by atoms with van der Waals surface area (Å²) in [5.74, 6) is -3.83. The highest BCUT2D eigenvalue weighted by Crippen LogP contribution is 2.26. The van der Waals surface area contributed by atoms with E-state index in [0.717, 1.165) is 12.1 Å². The van der Waals surface area contributed by atoms with Gasteiger partial charge in [-0.15, -0.1) is 0 Å². The molecule has 8 heteroatoms. The first-order valence-corrected chi connectivity index (χ1v) is 5.97. The molecule has 0 fully saturated rings. The third kappa shape index (κ3) is 2.34. The van der Waals surface area contributed by atoms with Crippen molar-refractivity contribution in [3.63, 3.8) is 0 Å². The van der Waals surface area contributed by atoms with Gasteiger partial charge in [0, 0.05) is 7.05 Å². The lowest BCUT2D eigenvalue weighted by Gasteiger charge is -2.10. The molecule has 4 nitrogen and oxygen atoms in total. The molecule has 0 radical (unpaired) electrons. The number of nitrogens with one attached hydrogen (secondary N) is 1. The highest BCUT2D eigenvalue weighted by Gasteiger charge is 2.19. The van der Waals surface area contributed by atoms with E-state index in [1.807, 2.05) is 0 Å².